The van der Waals surface area contributed by atoms with Crippen LogP contribution in [-0.4, -0.2) is 48.4 Å². The molecule has 1 saturated heterocycles. The Morgan fingerprint density at radius 1 is 1.12 bits per heavy atom. The summed E-state index contributed by atoms with van der Waals surface area (Å²) in [7, 11) is 0. The molecule has 4 rings (SSSR count). The highest BCUT2D eigenvalue weighted by Gasteiger charge is 2.36. The number of rotatable bonds is 3. The molecule has 0 unspecified atom stereocenters. The second kappa shape index (κ2) is 5.85. The van der Waals surface area contributed by atoms with E-state index in [0.29, 0.717) is 24.7 Å². The zero-order valence-corrected chi connectivity index (χ0v) is 13.6. The van der Waals surface area contributed by atoms with Gasteiger partial charge in [-0.2, -0.15) is 14.6 Å². The fourth-order valence-electron chi connectivity index (χ4n) is 3.72. The van der Waals surface area contributed by atoms with Gasteiger partial charge in [0.05, 0.1) is 0 Å². The Bertz CT molecular complexity index is 777. The van der Waals surface area contributed by atoms with Crippen molar-refractivity contribution in [1.82, 2.24) is 24.5 Å². The first-order chi connectivity index (χ1) is 11.6. The van der Waals surface area contributed by atoms with Crippen molar-refractivity contribution in [1.29, 1.82) is 0 Å². The number of carbonyl (C=O) groups is 2. The molecular weight excluding hydrogens is 308 g/mol. The van der Waals surface area contributed by atoms with Gasteiger partial charge in [0.2, 0.25) is 11.8 Å². The predicted octanol–water partition coefficient (Wildman–Crippen LogP) is 1.30. The molecule has 0 spiro atoms. The van der Waals surface area contributed by atoms with Gasteiger partial charge in [-0.1, -0.05) is 0 Å². The van der Waals surface area contributed by atoms with Crippen molar-refractivity contribution in [3.05, 3.63) is 18.1 Å². The Balaban J connectivity index is 1.44. The number of amides is 2. The van der Waals surface area contributed by atoms with E-state index < -0.39 is 0 Å². The maximum atomic E-state index is 11.9. The Hall–Kier alpha value is -2.51. The molecule has 1 aliphatic carbocycles. The molecule has 24 heavy (non-hydrogen) atoms. The van der Waals surface area contributed by atoms with Crippen LogP contribution in [0.3, 0.4) is 0 Å². The molecular formula is C16H20N6O2. The van der Waals surface area contributed by atoms with E-state index in [-0.39, 0.29) is 17.9 Å². The van der Waals surface area contributed by atoms with Crippen molar-refractivity contribution in [3.63, 3.8) is 0 Å². The Morgan fingerprint density at radius 3 is 2.54 bits per heavy atom. The molecule has 0 bridgehead atoms. The zero-order chi connectivity index (χ0) is 16.7. The van der Waals surface area contributed by atoms with Crippen molar-refractivity contribution in [2.45, 2.75) is 57.5 Å². The van der Waals surface area contributed by atoms with Crippen LogP contribution in [-0.2, 0) is 9.59 Å². The monoisotopic (exact) mass is 328 g/mol. The van der Waals surface area contributed by atoms with Crippen LogP contribution in [0.25, 0.3) is 5.78 Å². The van der Waals surface area contributed by atoms with E-state index in [9.17, 15) is 9.59 Å². The minimum atomic E-state index is -0.00880. The largest absolute Gasteiger partial charge is 0.367 e. The fraction of sp³-hybridized carbons (Fsp3) is 0.562. The normalized spacial score (nSPS) is 24.8. The standard InChI is InChI=1S/C16H20N6O2/c1-10-8-13(22-16(19-10)17-9-18-22)20-11-2-4-12(5-3-11)21-14(23)6-7-15(21)24/h8-9,11-12,20H,2-7H2,1H3. The average Bonchev–Trinajstić information content (AvgIpc) is 3.15. The first kappa shape index (κ1) is 15.0. The quantitative estimate of drug-likeness (QED) is 0.854. The Morgan fingerprint density at radius 2 is 1.83 bits per heavy atom. The number of carbonyl (C=O) groups excluding carboxylic acids is 2. The molecule has 126 valence electrons. The molecule has 1 saturated carbocycles. The summed E-state index contributed by atoms with van der Waals surface area (Å²) in [5, 5.41) is 7.72. The Labute approximate surface area is 139 Å². The molecule has 0 radical (unpaired) electrons. The molecule has 0 aromatic carbocycles. The van der Waals surface area contributed by atoms with Crippen LogP contribution in [0.15, 0.2) is 12.4 Å². The molecule has 2 aromatic heterocycles. The summed E-state index contributed by atoms with van der Waals surface area (Å²) >= 11 is 0. The van der Waals surface area contributed by atoms with Crippen LogP contribution in [0.2, 0.25) is 0 Å². The lowest BCUT2D eigenvalue weighted by Crippen LogP contribution is -2.43. The van der Waals surface area contributed by atoms with Gasteiger partial charge in [-0.05, 0) is 32.6 Å². The molecule has 1 aliphatic heterocycles. The summed E-state index contributed by atoms with van der Waals surface area (Å²) in [4.78, 5) is 33.7. The summed E-state index contributed by atoms with van der Waals surface area (Å²) < 4.78 is 1.70. The van der Waals surface area contributed by atoms with Crippen molar-refractivity contribution >= 4 is 23.4 Å². The van der Waals surface area contributed by atoms with E-state index >= 15 is 0 Å². The SMILES string of the molecule is Cc1cc(NC2CCC(N3C(=O)CCC3=O)CC2)n2ncnc2n1. The van der Waals surface area contributed by atoms with Crippen LogP contribution in [0.5, 0.6) is 0 Å². The number of likely N-dealkylation sites (tertiary alicyclic amines) is 1. The lowest BCUT2D eigenvalue weighted by atomic mass is 9.90. The number of imide groups is 1. The second-order valence-electron chi connectivity index (χ2n) is 6.56. The fourth-order valence-corrected chi connectivity index (χ4v) is 3.72. The van der Waals surface area contributed by atoms with Gasteiger partial charge in [0.25, 0.3) is 5.78 Å². The predicted molar refractivity (Wildman–Crippen MR) is 86.3 cm³/mol. The molecule has 0 atom stereocenters. The maximum absolute atomic E-state index is 11.9. The molecule has 2 amide bonds. The highest BCUT2D eigenvalue weighted by Crippen LogP contribution is 2.29. The van der Waals surface area contributed by atoms with Crippen LogP contribution in [0.1, 0.15) is 44.2 Å². The minimum absolute atomic E-state index is 0.00880. The first-order valence-electron chi connectivity index (χ1n) is 8.40. The molecule has 1 N–H and O–H groups in total. The van der Waals surface area contributed by atoms with Crippen molar-refractivity contribution in [2.75, 3.05) is 5.32 Å². The lowest BCUT2D eigenvalue weighted by molar-refractivity contribution is -0.141. The van der Waals surface area contributed by atoms with Gasteiger partial charge in [0.15, 0.2) is 0 Å². The molecule has 2 aromatic rings. The van der Waals surface area contributed by atoms with Gasteiger partial charge in [-0.25, -0.2) is 4.98 Å². The van der Waals surface area contributed by atoms with Gasteiger partial charge in [-0.3, -0.25) is 14.5 Å². The smallest absolute Gasteiger partial charge is 0.254 e. The summed E-state index contributed by atoms with van der Waals surface area (Å²) in [6.07, 6.45) is 5.77. The summed E-state index contributed by atoms with van der Waals surface area (Å²) in [6.45, 7) is 1.93. The third-order valence-electron chi connectivity index (χ3n) is 4.88. The number of nitrogens with one attached hydrogen (secondary N) is 1. The van der Waals surface area contributed by atoms with E-state index in [1.807, 2.05) is 13.0 Å². The number of anilines is 1. The summed E-state index contributed by atoms with van der Waals surface area (Å²) in [6, 6.07) is 2.32. The topological polar surface area (TPSA) is 92.5 Å². The number of aromatic nitrogens is 4. The highest BCUT2D eigenvalue weighted by atomic mass is 16.2. The van der Waals surface area contributed by atoms with Gasteiger partial charge >= 0.3 is 0 Å². The summed E-state index contributed by atoms with van der Waals surface area (Å²) in [5.41, 5.74) is 0.889. The molecule has 3 heterocycles. The summed E-state index contributed by atoms with van der Waals surface area (Å²) in [5.74, 6) is 1.45. The van der Waals surface area contributed by atoms with Crippen LogP contribution in [0.4, 0.5) is 5.82 Å². The third kappa shape index (κ3) is 2.61. The van der Waals surface area contributed by atoms with Crippen LogP contribution >= 0.6 is 0 Å². The van der Waals surface area contributed by atoms with Gasteiger partial charge in [0, 0.05) is 36.7 Å². The van der Waals surface area contributed by atoms with Crippen LogP contribution in [0, 0.1) is 6.92 Å². The third-order valence-corrected chi connectivity index (χ3v) is 4.88. The average molecular weight is 328 g/mol. The van der Waals surface area contributed by atoms with Gasteiger partial charge in [0.1, 0.15) is 12.1 Å². The van der Waals surface area contributed by atoms with Crippen molar-refractivity contribution in [3.8, 4) is 0 Å². The number of fused-ring (bicyclic) bond motifs is 1. The molecule has 2 aliphatic rings. The van der Waals surface area contributed by atoms with Gasteiger partial charge < -0.3 is 5.32 Å². The highest BCUT2D eigenvalue weighted by molar-refractivity contribution is 6.02. The maximum Gasteiger partial charge on any atom is 0.254 e. The lowest BCUT2D eigenvalue weighted by Gasteiger charge is -2.34. The first-order valence-corrected chi connectivity index (χ1v) is 8.40. The molecule has 8 heteroatoms. The number of nitrogens with zero attached hydrogens (tertiary/aromatic N) is 5. The Kier molecular flexibility index (Phi) is 3.66. The number of hydrogen-bond donors (Lipinski definition) is 1. The minimum Gasteiger partial charge on any atom is -0.367 e. The molecule has 2 fully saturated rings. The van der Waals surface area contributed by atoms with E-state index in [1.54, 1.807) is 4.52 Å². The van der Waals surface area contributed by atoms with E-state index in [4.69, 9.17) is 0 Å². The van der Waals surface area contributed by atoms with Crippen LogP contribution < -0.4 is 5.32 Å². The molecule has 8 nitrogen and oxygen atoms in total. The van der Waals surface area contributed by atoms with Crippen molar-refractivity contribution < 1.29 is 9.59 Å². The second-order valence-corrected chi connectivity index (χ2v) is 6.56. The zero-order valence-electron chi connectivity index (χ0n) is 13.6. The number of aryl methyl sites for hydroxylation is 1. The number of hydrogen-bond acceptors (Lipinski definition) is 6. The van der Waals surface area contributed by atoms with E-state index in [0.717, 1.165) is 37.2 Å². The van der Waals surface area contributed by atoms with Crippen molar-refractivity contribution in [2.24, 2.45) is 0 Å². The van der Waals surface area contributed by atoms with E-state index in [1.165, 1.54) is 11.2 Å². The van der Waals surface area contributed by atoms with E-state index in [2.05, 4.69) is 20.4 Å². The van der Waals surface area contributed by atoms with Gasteiger partial charge in [-0.15, -0.1) is 0 Å².